The molecule has 1 aliphatic carbocycles. The van der Waals surface area contributed by atoms with E-state index in [2.05, 4.69) is 32.5 Å². The lowest BCUT2D eigenvalue weighted by molar-refractivity contribution is 0.588. The summed E-state index contributed by atoms with van der Waals surface area (Å²) in [7, 11) is -3.13. The third-order valence-corrected chi connectivity index (χ3v) is 3.17. The van der Waals surface area contributed by atoms with Crippen LogP contribution in [0, 0.1) is 0 Å². The van der Waals surface area contributed by atoms with Crippen molar-refractivity contribution < 1.29 is 8.42 Å². The number of nitrogens with zero attached hydrogens (tertiary/aromatic N) is 1. The first kappa shape index (κ1) is 15.0. The highest BCUT2D eigenvalue weighted by atomic mass is 32.2. The van der Waals surface area contributed by atoms with Crippen molar-refractivity contribution in [3.8, 4) is 0 Å². The molecular weight excluding hydrogens is 252 g/mol. The van der Waals surface area contributed by atoms with E-state index in [0.717, 1.165) is 31.6 Å². The Labute approximate surface area is 109 Å². The second-order valence-electron chi connectivity index (χ2n) is 4.21. The summed E-state index contributed by atoms with van der Waals surface area (Å²) in [4.78, 5) is 4.32. The predicted molar refractivity (Wildman–Crippen MR) is 74.1 cm³/mol. The molecule has 0 spiro atoms. The zero-order valence-electron chi connectivity index (χ0n) is 10.9. The highest BCUT2D eigenvalue weighted by molar-refractivity contribution is 7.88. The molecule has 1 aliphatic rings. The van der Waals surface area contributed by atoms with Gasteiger partial charge in [-0.05, 0) is 19.8 Å². The third kappa shape index (κ3) is 6.61. The number of rotatable bonds is 6. The Morgan fingerprint density at radius 3 is 2.61 bits per heavy atom. The lowest BCUT2D eigenvalue weighted by atomic mass is 10.2. The van der Waals surface area contributed by atoms with Crippen LogP contribution in [0.2, 0.25) is 0 Å². The van der Waals surface area contributed by atoms with Crippen LogP contribution >= 0.6 is 0 Å². The van der Waals surface area contributed by atoms with Crippen molar-refractivity contribution >= 4 is 16.0 Å². The lowest BCUT2D eigenvalue weighted by Crippen LogP contribution is -2.42. The highest BCUT2D eigenvalue weighted by Crippen LogP contribution is 2.08. The molecule has 7 heteroatoms. The van der Waals surface area contributed by atoms with E-state index in [1.807, 2.05) is 6.92 Å². The lowest BCUT2D eigenvalue weighted by Gasteiger charge is -2.16. The van der Waals surface area contributed by atoms with Gasteiger partial charge in [0.1, 0.15) is 0 Å². The van der Waals surface area contributed by atoms with Gasteiger partial charge in [-0.15, -0.1) is 0 Å². The summed E-state index contributed by atoms with van der Waals surface area (Å²) < 4.78 is 24.2. The van der Waals surface area contributed by atoms with Gasteiger partial charge in [-0.3, -0.25) is 4.99 Å². The van der Waals surface area contributed by atoms with E-state index in [1.54, 1.807) is 0 Å². The first-order valence-electron chi connectivity index (χ1n) is 6.15. The Kier molecular flexibility index (Phi) is 6.14. The van der Waals surface area contributed by atoms with Crippen LogP contribution in [0.4, 0.5) is 0 Å². The second-order valence-corrected chi connectivity index (χ2v) is 6.04. The maximum Gasteiger partial charge on any atom is 0.208 e. The molecule has 0 radical (unpaired) electrons. The number of guanidine groups is 1. The van der Waals surface area contributed by atoms with E-state index in [1.165, 1.54) is 0 Å². The molecule has 0 saturated carbocycles. The van der Waals surface area contributed by atoms with Crippen LogP contribution in [-0.2, 0) is 10.0 Å². The second kappa shape index (κ2) is 7.38. The maximum absolute atomic E-state index is 10.9. The van der Waals surface area contributed by atoms with E-state index in [9.17, 15) is 8.42 Å². The summed E-state index contributed by atoms with van der Waals surface area (Å²) in [6.07, 6.45) is 7.45. The Morgan fingerprint density at radius 2 is 2.06 bits per heavy atom. The van der Waals surface area contributed by atoms with E-state index >= 15 is 0 Å². The summed E-state index contributed by atoms with van der Waals surface area (Å²) in [5.41, 5.74) is 0. The van der Waals surface area contributed by atoms with Gasteiger partial charge < -0.3 is 10.6 Å². The molecule has 0 saturated heterocycles. The van der Waals surface area contributed by atoms with Crippen LogP contribution in [0.1, 0.15) is 19.8 Å². The van der Waals surface area contributed by atoms with Crippen molar-refractivity contribution in [3.63, 3.8) is 0 Å². The van der Waals surface area contributed by atoms with Crippen LogP contribution in [0.15, 0.2) is 17.1 Å². The molecule has 0 heterocycles. The molecule has 1 rings (SSSR count). The molecule has 0 amide bonds. The number of aliphatic imine (C=N–C) groups is 1. The smallest absolute Gasteiger partial charge is 0.208 e. The molecule has 0 aromatic heterocycles. The van der Waals surface area contributed by atoms with Crippen LogP contribution in [-0.4, -0.2) is 46.3 Å². The minimum Gasteiger partial charge on any atom is -0.357 e. The number of nitrogens with one attached hydrogen (secondary N) is 3. The molecule has 6 nitrogen and oxygen atoms in total. The van der Waals surface area contributed by atoms with Crippen molar-refractivity contribution in [2.75, 3.05) is 25.9 Å². The molecule has 104 valence electrons. The van der Waals surface area contributed by atoms with Gasteiger partial charge in [0, 0.05) is 19.1 Å². The fourth-order valence-electron chi connectivity index (χ4n) is 1.65. The van der Waals surface area contributed by atoms with Gasteiger partial charge in [-0.25, -0.2) is 13.1 Å². The van der Waals surface area contributed by atoms with Gasteiger partial charge in [0.15, 0.2) is 5.96 Å². The minimum atomic E-state index is -3.13. The summed E-state index contributed by atoms with van der Waals surface area (Å²) >= 11 is 0. The minimum absolute atomic E-state index is 0.318. The van der Waals surface area contributed by atoms with Crippen LogP contribution in [0.3, 0.4) is 0 Å². The molecule has 0 aromatic rings. The predicted octanol–water partition coefficient (Wildman–Crippen LogP) is -0.191. The standard InChI is InChI=1S/C11H22N4O2S/c1-3-12-11(15-10-6-4-5-7-10)13-8-9-14-18(2,16)17/h4-5,10,14H,3,6-9H2,1-2H3,(H2,12,13,15). The molecule has 0 atom stereocenters. The van der Waals surface area contributed by atoms with Crippen LogP contribution in [0.25, 0.3) is 0 Å². The molecular formula is C11H22N4O2S. The van der Waals surface area contributed by atoms with E-state index in [4.69, 9.17) is 0 Å². The van der Waals surface area contributed by atoms with Gasteiger partial charge in [-0.1, -0.05) is 12.2 Å². The molecule has 0 unspecified atom stereocenters. The molecule has 0 fully saturated rings. The van der Waals surface area contributed by atoms with Crippen molar-refractivity contribution in [1.82, 2.24) is 15.4 Å². The quantitative estimate of drug-likeness (QED) is 0.271. The normalized spacial score (nSPS) is 17.1. The first-order chi connectivity index (χ1) is 8.51. The average Bonchev–Trinajstić information content (AvgIpc) is 2.76. The van der Waals surface area contributed by atoms with Gasteiger partial charge >= 0.3 is 0 Å². The Balaban J connectivity index is 2.35. The zero-order chi connectivity index (χ0) is 13.4. The largest absolute Gasteiger partial charge is 0.357 e. The highest BCUT2D eigenvalue weighted by Gasteiger charge is 2.11. The van der Waals surface area contributed by atoms with Crippen LogP contribution in [0.5, 0.6) is 0 Å². The molecule has 18 heavy (non-hydrogen) atoms. The summed E-state index contributed by atoms with van der Waals surface area (Å²) in [5, 5.41) is 6.45. The van der Waals surface area contributed by atoms with E-state index < -0.39 is 10.0 Å². The maximum atomic E-state index is 10.9. The number of hydrogen-bond acceptors (Lipinski definition) is 3. The average molecular weight is 274 g/mol. The topological polar surface area (TPSA) is 82.6 Å². The van der Waals surface area contributed by atoms with E-state index in [0.29, 0.717) is 19.1 Å². The van der Waals surface area contributed by atoms with Crippen molar-refractivity contribution in [1.29, 1.82) is 0 Å². The summed E-state index contributed by atoms with van der Waals surface area (Å²) in [6, 6.07) is 0.394. The molecule has 3 N–H and O–H groups in total. The summed E-state index contributed by atoms with van der Waals surface area (Å²) in [5.74, 6) is 0.738. The van der Waals surface area contributed by atoms with Gasteiger partial charge in [-0.2, -0.15) is 0 Å². The monoisotopic (exact) mass is 274 g/mol. The molecule has 0 aromatic carbocycles. The summed E-state index contributed by atoms with van der Waals surface area (Å²) in [6.45, 7) is 3.52. The Morgan fingerprint density at radius 1 is 1.39 bits per heavy atom. The van der Waals surface area contributed by atoms with Crippen molar-refractivity contribution in [3.05, 3.63) is 12.2 Å². The Hall–Kier alpha value is -1.08. The van der Waals surface area contributed by atoms with Crippen LogP contribution < -0.4 is 15.4 Å². The van der Waals surface area contributed by atoms with Crippen molar-refractivity contribution in [2.24, 2.45) is 4.99 Å². The number of sulfonamides is 1. The van der Waals surface area contributed by atoms with Gasteiger partial charge in [0.25, 0.3) is 0 Å². The Bertz CT molecular complexity index is 395. The first-order valence-corrected chi connectivity index (χ1v) is 8.05. The molecule has 0 aliphatic heterocycles. The number of hydrogen-bond donors (Lipinski definition) is 3. The zero-order valence-corrected chi connectivity index (χ0v) is 11.8. The SMILES string of the molecule is CCNC(=NCCNS(C)(=O)=O)NC1CC=CC1. The van der Waals surface area contributed by atoms with E-state index in [-0.39, 0.29) is 0 Å². The third-order valence-electron chi connectivity index (χ3n) is 2.44. The van der Waals surface area contributed by atoms with Gasteiger partial charge in [0.2, 0.25) is 10.0 Å². The fourth-order valence-corrected chi connectivity index (χ4v) is 2.11. The fraction of sp³-hybridized carbons (Fsp3) is 0.727. The van der Waals surface area contributed by atoms with Crippen molar-refractivity contribution in [2.45, 2.75) is 25.8 Å². The van der Waals surface area contributed by atoms with Gasteiger partial charge in [0.05, 0.1) is 12.8 Å². The molecule has 0 bridgehead atoms.